The van der Waals surface area contributed by atoms with Gasteiger partial charge in [-0.2, -0.15) is 0 Å². The summed E-state index contributed by atoms with van der Waals surface area (Å²) in [6.07, 6.45) is 2.24. The lowest BCUT2D eigenvalue weighted by Crippen LogP contribution is -2.46. The second kappa shape index (κ2) is 6.73. The fourth-order valence-corrected chi connectivity index (χ4v) is 3.03. The van der Waals surface area contributed by atoms with Gasteiger partial charge in [-0.25, -0.2) is 0 Å². The van der Waals surface area contributed by atoms with Crippen LogP contribution in [0.25, 0.3) is 0 Å². The van der Waals surface area contributed by atoms with Crippen molar-refractivity contribution in [3.05, 3.63) is 29.3 Å². The van der Waals surface area contributed by atoms with E-state index in [4.69, 9.17) is 27.4 Å². The van der Waals surface area contributed by atoms with Crippen LogP contribution in [0, 0.1) is 0 Å². The van der Waals surface area contributed by atoms with Crippen molar-refractivity contribution in [2.75, 3.05) is 27.3 Å². The first-order valence-corrected chi connectivity index (χ1v) is 7.62. The maximum Gasteiger partial charge on any atom is 0.123 e. The summed E-state index contributed by atoms with van der Waals surface area (Å²) in [5, 5.41) is 0. The number of rotatable bonds is 5. The van der Waals surface area contributed by atoms with E-state index in [0.717, 1.165) is 49.4 Å². The van der Waals surface area contributed by atoms with Crippen molar-refractivity contribution in [3.8, 4) is 5.75 Å². The SMILES string of the molecule is COc1ccc(C(N)=S)cc1CN1CCCC(C)(OC)C1. The summed E-state index contributed by atoms with van der Waals surface area (Å²) in [5.74, 6) is 0.875. The predicted octanol–water partition coefficient (Wildman–Crippen LogP) is 2.33. The number of benzene rings is 1. The molecule has 4 nitrogen and oxygen atoms in total. The summed E-state index contributed by atoms with van der Waals surface area (Å²) in [4.78, 5) is 2.81. The van der Waals surface area contributed by atoms with Crippen LogP contribution in [0.5, 0.6) is 5.75 Å². The van der Waals surface area contributed by atoms with Gasteiger partial charge in [0.05, 0.1) is 12.7 Å². The number of methoxy groups -OCH3 is 2. The lowest BCUT2D eigenvalue weighted by atomic mass is 9.94. The number of nitrogens with two attached hydrogens (primary N) is 1. The molecule has 21 heavy (non-hydrogen) atoms. The maximum atomic E-state index is 5.73. The average molecular weight is 308 g/mol. The Morgan fingerprint density at radius 2 is 2.19 bits per heavy atom. The first-order valence-electron chi connectivity index (χ1n) is 7.21. The standard InChI is InChI=1S/C16H24N2O2S/c1-16(20-3)7-4-8-18(11-16)10-13-9-12(15(17)21)5-6-14(13)19-2/h5-6,9H,4,7-8,10-11H2,1-3H3,(H2,17,21). The molecule has 0 amide bonds. The third kappa shape index (κ3) is 3.93. The molecule has 2 rings (SSSR count). The molecular formula is C16H24N2O2S. The molecule has 0 radical (unpaired) electrons. The zero-order valence-electron chi connectivity index (χ0n) is 13.0. The van der Waals surface area contributed by atoms with Crippen LogP contribution in [0.3, 0.4) is 0 Å². The molecule has 1 aliphatic heterocycles. The molecular weight excluding hydrogens is 284 g/mol. The Kier molecular flexibility index (Phi) is 5.19. The Morgan fingerprint density at radius 1 is 1.43 bits per heavy atom. The Morgan fingerprint density at radius 3 is 2.81 bits per heavy atom. The molecule has 1 heterocycles. The van der Waals surface area contributed by atoms with Crippen LogP contribution >= 0.6 is 12.2 Å². The van der Waals surface area contributed by atoms with Crippen LogP contribution in [0.2, 0.25) is 0 Å². The molecule has 0 bridgehead atoms. The zero-order valence-corrected chi connectivity index (χ0v) is 13.8. The van der Waals surface area contributed by atoms with E-state index >= 15 is 0 Å². The molecule has 2 N–H and O–H groups in total. The Hall–Kier alpha value is -1.17. The van der Waals surface area contributed by atoms with E-state index in [1.54, 1.807) is 14.2 Å². The topological polar surface area (TPSA) is 47.7 Å². The van der Waals surface area contributed by atoms with Gasteiger partial charge in [-0.05, 0) is 44.5 Å². The second-order valence-electron chi connectivity index (χ2n) is 5.86. The number of hydrogen-bond donors (Lipinski definition) is 1. The molecule has 1 saturated heterocycles. The summed E-state index contributed by atoms with van der Waals surface area (Å²) >= 11 is 5.06. The predicted molar refractivity (Wildman–Crippen MR) is 88.8 cm³/mol. The molecule has 0 saturated carbocycles. The van der Waals surface area contributed by atoms with Crippen molar-refractivity contribution in [1.29, 1.82) is 0 Å². The zero-order chi connectivity index (χ0) is 15.5. The minimum absolute atomic E-state index is 0.0632. The van der Waals surface area contributed by atoms with Crippen LogP contribution in [-0.2, 0) is 11.3 Å². The van der Waals surface area contributed by atoms with Gasteiger partial charge in [-0.3, -0.25) is 4.90 Å². The molecule has 1 unspecified atom stereocenters. The van der Waals surface area contributed by atoms with E-state index in [-0.39, 0.29) is 5.60 Å². The van der Waals surface area contributed by atoms with Crippen molar-refractivity contribution in [3.63, 3.8) is 0 Å². The molecule has 0 spiro atoms. The molecule has 1 aromatic rings. The fraction of sp³-hybridized carbons (Fsp3) is 0.562. The third-order valence-corrected chi connectivity index (χ3v) is 4.43. The van der Waals surface area contributed by atoms with Crippen molar-refractivity contribution >= 4 is 17.2 Å². The number of ether oxygens (including phenoxy) is 2. The van der Waals surface area contributed by atoms with Crippen molar-refractivity contribution < 1.29 is 9.47 Å². The number of nitrogens with zero attached hydrogens (tertiary/aromatic N) is 1. The first-order chi connectivity index (χ1) is 9.97. The Bertz CT molecular complexity index is 521. The average Bonchev–Trinajstić information content (AvgIpc) is 2.47. The van der Waals surface area contributed by atoms with E-state index in [1.807, 2.05) is 18.2 Å². The van der Waals surface area contributed by atoms with Gasteiger partial charge in [0, 0.05) is 31.3 Å². The van der Waals surface area contributed by atoms with Gasteiger partial charge >= 0.3 is 0 Å². The minimum atomic E-state index is -0.0632. The Labute approximate surface area is 132 Å². The van der Waals surface area contributed by atoms with Gasteiger partial charge in [0.25, 0.3) is 0 Å². The molecule has 116 valence electrons. The molecule has 0 aromatic heterocycles. The van der Waals surface area contributed by atoms with E-state index in [2.05, 4.69) is 11.8 Å². The summed E-state index contributed by atoms with van der Waals surface area (Å²) in [5.41, 5.74) is 7.66. The molecule has 5 heteroatoms. The monoisotopic (exact) mass is 308 g/mol. The largest absolute Gasteiger partial charge is 0.496 e. The van der Waals surface area contributed by atoms with Crippen LogP contribution < -0.4 is 10.5 Å². The van der Waals surface area contributed by atoms with E-state index in [9.17, 15) is 0 Å². The molecule has 0 aliphatic carbocycles. The smallest absolute Gasteiger partial charge is 0.123 e. The quantitative estimate of drug-likeness (QED) is 0.846. The van der Waals surface area contributed by atoms with Crippen molar-refractivity contribution in [2.24, 2.45) is 5.73 Å². The van der Waals surface area contributed by atoms with Crippen molar-refractivity contribution in [2.45, 2.75) is 31.9 Å². The van der Waals surface area contributed by atoms with E-state index in [1.165, 1.54) is 0 Å². The highest BCUT2D eigenvalue weighted by Gasteiger charge is 2.30. The summed E-state index contributed by atoms with van der Waals surface area (Å²) in [7, 11) is 3.48. The molecule has 1 fully saturated rings. The van der Waals surface area contributed by atoms with Gasteiger partial charge in [0.2, 0.25) is 0 Å². The molecule has 1 aliphatic rings. The lowest BCUT2D eigenvalue weighted by Gasteiger charge is -2.39. The third-order valence-electron chi connectivity index (χ3n) is 4.19. The summed E-state index contributed by atoms with van der Waals surface area (Å²) in [6.45, 7) is 4.98. The Balaban J connectivity index is 2.18. The number of likely N-dealkylation sites (tertiary alicyclic amines) is 1. The van der Waals surface area contributed by atoms with Crippen molar-refractivity contribution in [1.82, 2.24) is 4.90 Å². The lowest BCUT2D eigenvalue weighted by molar-refractivity contribution is -0.0528. The number of thiocarbonyl (C=S) groups is 1. The summed E-state index contributed by atoms with van der Waals surface area (Å²) in [6, 6.07) is 5.86. The molecule has 1 atom stereocenters. The van der Waals surface area contributed by atoms with E-state index in [0.29, 0.717) is 4.99 Å². The van der Waals surface area contributed by atoms with Gasteiger partial charge in [-0.1, -0.05) is 12.2 Å². The van der Waals surface area contributed by atoms with Crippen LogP contribution in [0.4, 0.5) is 0 Å². The molecule has 1 aromatic carbocycles. The van der Waals surface area contributed by atoms with Gasteiger partial charge in [0.1, 0.15) is 10.7 Å². The highest BCUT2D eigenvalue weighted by Crippen LogP contribution is 2.27. The summed E-state index contributed by atoms with van der Waals surface area (Å²) < 4.78 is 11.1. The van der Waals surface area contributed by atoms with Crippen LogP contribution in [-0.4, -0.2) is 42.8 Å². The fourth-order valence-electron chi connectivity index (χ4n) is 2.91. The first kappa shape index (κ1) is 16.2. The van der Waals surface area contributed by atoms with Gasteiger partial charge in [0.15, 0.2) is 0 Å². The van der Waals surface area contributed by atoms with E-state index < -0.39 is 0 Å². The normalized spacial score (nSPS) is 23.0. The highest BCUT2D eigenvalue weighted by molar-refractivity contribution is 7.80. The minimum Gasteiger partial charge on any atom is -0.496 e. The number of hydrogen-bond acceptors (Lipinski definition) is 4. The van der Waals surface area contributed by atoms with Gasteiger partial charge < -0.3 is 15.2 Å². The van der Waals surface area contributed by atoms with Crippen LogP contribution in [0.1, 0.15) is 30.9 Å². The highest BCUT2D eigenvalue weighted by atomic mass is 32.1. The van der Waals surface area contributed by atoms with Gasteiger partial charge in [-0.15, -0.1) is 0 Å². The number of piperidine rings is 1. The second-order valence-corrected chi connectivity index (χ2v) is 6.30. The maximum absolute atomic E-state index is 5.73. The van der Waals surface area contributed by atoms with Crippen LogP contribution in [0.15, 0.2) is 18.2 Å².